The predicted octanol–water partition coefficient (Wildman–Crippen LogP) is 3.44. The van der Waals surface area contributed by atoms with E-state index in [1.807, 2.05) is 52.8 Å². The molecule has 0 radical (unpaired) electrons. The lowest BCUT2D eigenvalue weighted by Crippen LogP contribution is -2.42. The predicted molar refractivity (Wildman–Crippen MR) is 135 cm³/mol. The van der Waals surface area contributed by atoms with Crippen molar-refractivity contribution in [3.63, 3.8) is 0 Å². The van der Waals surface area contributed by atoms with Crippen LogP contribution in [0.25, 0.3) is 0 Å². The van der Waals surface area contributed by atoms with Gasteiger partial charge >= 0.3 is 6.09 Å². The molecular formula is C22H39IN4O4. The lowest BCUT2D eigenvalue weighted by Gasteiger charge is -2.19. The molecular weight excluding hydrogens is 511 g/mol. The van der Waals surface area contributed by atoms with Crippen molar-refractivity contribution in [2.45, 2.75) is 53.4 Å². The maximum Gasteiger partial charge on any atom is 0.407 e. The normalized spacial score (nSPS) is 11.5. The first kappa shape index (κ1) is 29.4. The number of ether oxygens (including phenoxy) is 3. The number of amides is 1. The van der Waals surface area contributed by atoms with E-state index in [1.54, 1.807) is 0 Å². The summed E-state index contributed by atoms with van der Waals surface area (Å²) in [4.78, 5) is 16.3. The van der Waals surface area contributed by atoms with Crippen LogP contribution >= 0.6 is 24.0 Å². The molecule has 8 nitrogen and oxygen atoms in total. The van der Waals surface area contributed by atoms with E-state index >= 15 is 0 Å². The van der Waals surface area contributed by atoms with Gasteiger partial charge in [0.15, 0.2) is 5.96 Å². The van der Waals surface area contributed by atoms with Crippen LogP contribution in [0.15, 0.2) is 29.3 Å². The molecule has 0 atom stereocenters. The molecule has 0 aliphatic carbocycles. The average Bonchev–Trinajstić information content (AvgIpc) is 2.68. The Kier molecular flexibility index (Phi) is 16.1. The van der Waals surface area contributed by atoms with Crippen molar-refractivity contribution in [3.05, 3.63) is 35.4 Å². The minimum absolute atomic E-state index is 0. The smallest absolute Gasteiger partial charge is 0.407 e. The molecule has 0 bridgehead atoms. The molecule has 0 aliphatic rings. The van der Waals surface area contributed by atoms with Gasteiger partial charge < -0.3 is 30.2 Å². The Morgan fingerprint density at radius 3 is 2.35 bits per heavy atom. The van der Waals surface area contributed by atoms with Gasteiger partial charge in [0.1, 0.15) is 5.60 Å². The highest BCUT2D eigenvalue weighted by Crippen LogP contribution is 2.08. The Morgan fingerprint density at radius 1 is 1.00 bits per heavy atom. The molecule has 0 aromatic heterocycles. The van der Waals surface area contributed by atoms with Crippen LogP contribution < -0.4 is 16.0 Å². The van der Waals surface area contributed by atoms with Gasteiger partial charge in [-0.1, -0.05) is 24.3 Å². The zero-order valence-corrected chi connectivity index (χ0v) is 21.8. The van der Waals surface area contributed by atoms with E-state index in [-0.39, 0.29) is 24.0 Å². The van der Waals surface area contributed by atoms with Crippen LogP contribution in [0.1, 0.15) is 45.7 Å². The third-order valence-corrected chi connectivity index (χ3v) is 3.69. The number of carbonyl (C=O) groups excluding carboxylic acids is 1. The van der Waals surface area contributed by atoms with E-state index in [1.165, 1.54) is 0 Å². The van der Waals surface area contributed by atoms with E-state index in [4.69, 9.17) is 14.2 Å². The van der Waals surface area contributed by atoms with Gasteiger partial charge in [-0.05, 0) is 45.7 Å². The van der Waals surface area contributed by atoms with Crippen molar-refractivity contribution in [1.82, 2.24) is 16.0 Å². The maximum absolute atomic E-state index is 11.7. The zero-order chi connectivity index (χ0) is 22.2. The van der Waals surface area contributed by atoms with Crippen LogP contribution in [0, 0.1) is 0 Å². The molecule has 3 N–H and O–H groups in total. The van der Waals surface area contributed by atoms with E-state index < -0.39 is 11.7 Å². The van der Waals surface area contributed by atoms with Crippen LogP contribution in [-0.2, 0) is 27.4 Å². The Morgan fingerprint density at radius 2 is 1.68 bits per heavy atom. The lowest BCUT2D eigenvalue weighted by atomic mass is 10.1. The molecule has 0 saturated carbocycles. The van der Waals surface area contributed by atoms with Crippen LogP contribution in [0.3, 0.4) is 0 Å². The van der Waals surface area contributed by atoms with Crippen molar-refractivity contribution < 1.29 is 19.0 Å². The van der Waals surface area contributed by atoms with E-state index in [0.29, 0.717) is 52.0 Å². The number of guanidine groups is 1. The Balaban J connectivity index is 0.00000900. The molecule has 0 unspecified atom stereocenters. The van der Waals surface area contributed by atoms with Crippen molar-refractivity contribution in [2.24, 2.45) is 4.99 Å². The van der Waals surface area contributed by atoms with Gasteiger partial charge in [-0.15, -0.1) is 24.0 Å². The molecule has 1 aromatic carbocycles. The number of benzene rings is 1. The quantitative estimate of drug-likeness (QED) is 0.160. The lowest BCUT2D eigenvalue weighted by molar-refractivity contribution is 0.0453. The fourth-order valence-electron chi connectivity index (χ4n) is 2.44. The number of aliphatic imine (C=N–C) groups is 1. The topological polar surface area (TPSA) is 93.2 Å². The van der Waals surface area contributed by atoms with Gasteiger partial charge in [-0.2, -0.15) is 0 Å². The first-order valence-electron chi connectivity index (χ1n) is 10.6. The summed E-state index contributed by atoms with van der Waals surface area (Å²) < 4.78 is 16.1. The number of carbonyl (C=O) groups is 1. The number of hydrogen-bond acceptors (Lipinski definition) is 5. The molecule has 0 saturated heterocycles. The molecule has 0 fully saturated rings. The van der Waals surface area contributed by atoms with E-state index in [9.17, 15) is 4.79 Å². The summed E-state index contributed by atoms with van der Waals surface area (Å²) in [6.07, 6.45) is -0.425. The van der Waals surface area contributed by atoms with Gasteiger partial charge in [0.25, 0.3) is 0 Å². The number of halogens is 1. The van der Waals surface area contributed by atoms with Gasteiger partial charge in [-0.3, -0.25) is 0 Å². The molecule has 0 heterocycles. The molecule has 0 aliphatic heterocycles. The third-order valence-electron chi connectivity index (χ3n) is 3.69. The monoisotopic (exact) mass is 550 g/mol. The maximum atomic E-state index is 11.7. The second-order valence-corrected chi connectivity index (χ2v) is 7.62. The first-order chi connectivity index (χ1) is 14.3. The Labute approximate surface area is 203 Å². The van der Waals surface area contributed by atoms with Gasteiger partial charge in [0.2, 0.25) is 0 Å². The van der Waals surface area contributed by atoms with Crippen LogP contribution in [0.5, 0.6) is 0 Å². The number of rotatable bonds is 12. The molecule has 178 valence electrons. The molecule has 1 amide bonds. The highest BCUT2D eigenvalue weighted by molar-refractivity contribution is 14.0. The van der Waals surface area contributed by atoms with Gasteiger partial charge in [0.05, 0.1) is 26.4 Å². The van der Waals surface area contributed by atoms with Gasteiger partial charge in [0, 0.05) is 26.2 Å². The number of alkyl carbamates (subject to hydrolysis) is 1. The standard InChI is InChI=1S/C22H38N4O4.HI/c1-6-23-20(24-11-12-25-21(27)30-22(3,4)5)26-16-18-9-8-10-19(15-18)17-29-14-13-28-7-2;/h8-10,15H,6-7,11-14,16-17H2,1-5H3,(H,25,27)(H2,23,24,26);1H. The zero-order valence-electron chi connectivity index (χ0n) is 19.5. The molecule has 1 aromatic rings. The minimum atomic E-state index is -0.503. The van der Waals surface area contributed by atoms with Gasteiger partial charge in [-0.25, -0.2) is 9.79 Å². The number of nitrogens with zero attached hydrogens (tertiary/aromatic N) is 1. The van der Waals surface area contributed by atoms with E-state index in [0.717, 1.165) is 17.7 Å². The average molecular weight is 550 g/mol. The first-order valence-corrected chi connectivity index (χ1v) is 10.6. The summed E-state index contributed by atoms with van der Waals surface area (Å²) in [7, 11) is 0. The summed E-state index contributed by atoms with van der Waals surface area (Å²) in [5.41, 5.74) is 1.71. The Bertz CT molecular complexity index is 651. The fourth-order valence-corrected chi connectivity index (χ4v) is 2.44. The summed E-state index contributed by atoms with van der Waals surface area (Å²) in [5, 5.41) is 9.13. The largest absolute Gasteiger partial charge is 0.444 e. The SMILES string of the molecule is CCNC(=NCc1cccc(COCCOCC)c1)NCCNC(=O)OC(C)(C)C.I. The van der Waals surface area contributed by atoms with Crippen molar-refractivity contribution in [3.8, 4) is 0 Å². The second kappa shape index (κ2) is 17.0. The van der Waals surface area contributed by atoms with Crippen molar-refractivity contribution in [1.29, 1.82) is 0 Å². The van der Waals surface area contributed by atoms with Crippen LogP contribution in [0.4, 0.5) is 4.79 Å². The highest BCUT2D eigenvalue weighted by Gasteiger charge is 2.15. The van der Waals surface area contributed by atoms with Crippen molar-refractivity contribution in [2.75, 3.05) is 39.5 Å². The van der Waals surface area contributed by atoms with Crippen LogP contribution in [-0.4, -0.2) is 57.1 Å². The molecule has 9 heteroatoms. The summed E-state index contributed by atoms with van der Waals surface area (Å²) in [6.45, 7) is 14.2. The highest BCUT2D eigenvalue weighted by atomic mass is 127. The molecule has 0 spiro atoms. The number of nitrogens with one attached hydrogen (secondary N) is 3. The summed E-state index contributed by atoms with van der Waals surface area (Å²) in [6, 6.07) is 8.19. The molecule has 1 rings (SSSR count). The Hall–Kier alpha value is -1.59. The molecule has 31 heavy (non-hydrogen) atoms. The van der Waals surface area contributed by atoms with E-state index in [2.05, 4.69) is 27.0 Å². The minimum Gasteiger partial charge on any atom is -0.444 e. The summed E-state index contributed by atoms with van der Waals surface area (Å²) >= 11 is 0. The van der Waals surface area contributed by atoms with Crippen molar-refractivity contribution >= 4 is 36.0 Å². The second-order valence-electron chi connectivity index (χ2n) is 7.62. The number of hydrogen-bond donors (Lipinski definition) is 3. The summed E-state index contributed by atoms with van der Waals surface area (Å²) in [5.74, 6) is 0.696. The fraction of sp³-hybridized carbons (Fsp3) is 0.636. The van der Waals surface area contributed by atoms with Crippen LogP contribution in [0.2, 0.25) is 0 Å². The third kappa shape index (κ3) is 15.8.